The minimum atomic E-state index is 0.270. The lowest BCUT2D eigenvalue weighted by Crippen LogP contribution is -2.26. The van der Waals surface area contributed by atoms with Crippen molar-refractivity contribution in [3.05, 3.63) is 0 Å². The Morgan fingerprint density at radius 1 is 1.41 bits per heavy atom. The maximum Gasteiger partial charge on any atom is 0.184 e. The summed E-state index contributed by atoms with van der Waals surface area (Å²) >= 11 is 4.76. The molecule has 0 spiro atoms. The molecule has 0 aromatic heterocycles. The first-order valence-corrected chi connectivity index (χ1v) is 7.26. The molecule has 0 aromatic carbocycles. The molecule has 1 unspecified atom stereocenters. The van der Waals surface area contributed by atoms with Crippen LogP contribution in [0.25, 0.3) is 0 Å². The molecular formula is C13H25N3S. The van der Waals surface area contributed by atoms with E-state index in [1.807, 2.05) is 0 Å². The largest absolute Gasteiger partial charge is 0.375 e. The zero-order chi connectivity index (χ0) is 12.5. The number of nitrogens with two attached hydrogens (primary N) is 1. The van der Waals surface area contributed by atoms with Gasteiger partial charge in [-0.2, -0.15) is 5.10 Å². The summed E-state index contributed by atoms with van der Waals surface area (Å²) in [6.07, 6.45) is 11.7. The third-order valence-corrected chi connectivity index (χ3v) is 3.51. The molecular weight excluding hydrogens is 230 g/mol. The van der Waals surface area contributed by atoms with Gasteiger partial charge in [-0.05, 0) is 43.8 Å². The predicted octanol–water partition coefficient (Wildman–Crippen LogP) is 3.34. The quantitative estimate of drug-likeness (QED) is 0.417. The van der Waals surface area contributed by atoms with Crippen LogP contribution in [0.4, 0.5) is 0 Å². The van der Waals surface area contributed by atoms with Crippen LogP contribution >= 0.6 is 12.2 Å². The van der Waals surface area contributed by atoms with Gasteiger partial charge < -0.3 is 5.73 Å². The minimum Gasteiger partial charge on any atom is -0.375 e. The maximum absolute atomic E-state index is 5.38. The summed E-state index contributed by atoms with van der Waals surface area (Å²) in [6, 6.07) is 0. The van der Waals surface area contributed by atoms with E-state index >= 15 is 0 Å². The number of nitrogens with one attached hydrogen (secondary N) is 1. The molecule has 0 saturated heterocycles. The van der Waals surface area contributed by atoms with Crippen LogP contribution in [-0.4, -0.2) is 10.8 Å². The maximum atomic E-state index is 5.38. The van der Waals surface area contributed by atoms with E-state index in [0.29, 0.717) is 5.92 Å². The fourth-order valence-electron chi connectivity index (χ4n) is 2.48. The summed E-state index contributed by atoms with van der Waals surface area (Å²) < 4.78 is 0. The molecule has 1 atom stereocenters. The first kappa shape index (κ1) is 14.4. The van der Waals surface area contributed by atoms with Gasteiger partial charge in [-0.15, -0.1) is 0 Å². The molecule has 1 fully saturated rings. The van der Waals surface area contributed by atoms with Gasteiger partial charge in [0.15, 0.2) is 5.11 Å². The van der Waals surface area contributed by atoms with Gasteiger partial charge in [0.25, 0.3) is 0 Å². The molecule has 0 heterocycles. The van der Waals surface area contributed by atoms with Crippen molar-refractivity contribution < 1.29 is 0 Å². The van der Waals surface area contributed by atoms with Crippen LogP contribution in [0.2, 0.25) is 0 Å². The molecule has 0 aromatic rings. The average molecular weight is 255 g/mol. The van der Waals surface area contributed by atoms with Gasteiger partial charge >= 0.3 is 0 Å². The molecule has 3 N–H and O–H groups in total. The summed E-state index contributed by atoms with van der Waals surface area (Å²) in [5.41, 5.74) is 9.38. The second-order valence-electron chi connectivity index (χ2n) is 4.87. The number of hydrogen-bond acceptors (Lipinski definition) is 2. The standard InChI is InChI=1S/C13H25N3S/c1-2-3-4-5-6-8-11-9-7-10-12(11)15-16-13(14)17/h11H,2-10H2,1H3,(H3,14,16,17)/b15-12+. The van der Waals surface area contributed by atoms with E-state index in [4.69, 9.17) is 18.0 Å². The molecule has 0 bridgehead atoms. The van der Waals surface area contributed by atoms with Crippen molar-refractivity contribution in [2.24, 2.45) is 16.8 Å². The Balaban J connectivity index is 2.22. The normalized spacial score (nSPS) is 21.9. The monoisotopic (exact) mass is 255 g/mol. The highest BCUT2D eigenvalue weighted by Crippen LogP contribution is 2.27. The van der Waals surface area contributed by atoms with Gasteiger partial charge in [0.1, 0.15) is 0 Å². The van der Waals surface area contributed by atoms with Crippen molar-refractivity contribution in [2.75, 3.05) is 0 Å². The molecule has 0 aliphatic heterocycles. The number of unbranched alkanes of at least 4 members (excludes halogenated alkanes) is 4. The number of nitrogens with zero attached hydrogens (tertiary/aromatic N) is 1. The molecule has 17 heavy (non-hydrogen) atoms. The highest BCUT2D eigenvalue weighted by Gasteiger charge is 2.22. The Kier molecular flexibility index (Phi) is 7.17. The zero-order valence-corrected chi connectivity index (χ0v) is 11.7. The van der Waals surface area contributed by atoms with E-state index in [1.165, 1.54) is 57.1 Å². The van der Waals surface area contributed by atoms with Crippen molar-refractivity contribution >= 4 is 23.0 Å². The van der Waals surface area contributed by atoms with Crippen LogP contribution in [0, 0.1) is 5.92 Å². The van der Waals surface area contributed by atoms with E-state index in [2.05, 4.69) is 17.5 Å². The van der Waals surface area contributed by atoms with Gasteiger partial charge in [0.2, 0.25) is 0 Å². The highest BCUT2D eigenvalue weighted by molar-refractivity contribution is 7.80. The Labute approximate surface area is 110 Å². The van der Waals surface area contributed by atoms with E-state index < -0.39 is 0 Å². The summed E-state index contributed by atoms with van der Waals surface area (Å²) in [5.74, 6) is 0.665. The zero-order valence-electron chi connectivity index (χ0n) is 10.9. The summed E-state index contributed by atoms with van der Waals surface area (Å²) in [5, 5.41) is 4.59. The second-order valence-corrected chi connectivity index (χ2v) is 5.31. The SMILES string of the molecule is CCCCCCCC1CCC/C1=N\NC(N)=S. The van der Waals surface area contributed by atoms with Crippen molar-refractivity contribution in [2.45, 2.75) is 64.7 Å². The molecule has 98 valence electrons. The van der Waals surface area contributed by atoms with Crippen LogP contribution in [0.3, 0.4) is 0 Å². The molecule has 1 aliphatic rings. The number of thiocarbonyl (C=S) groups is 1. The van der Waals surface area contributed by atoms with Crippen molar-refractivity contribution in [1.29, 1.82) is 0 Å². The third-order valence-electron chi connectivity index (χ3n) is 3.42. The van der Waals surface area contributed by atoms with Gasteiger partial charge in [0.05, 0.1) is 0 Å². The number of hydrazone groups is 1. The predicted molar refractivity (Wildman–Crippen MR) is 78.1 cm³/mol. The fraction of sp³-hybridized carbons (Fsp3) is 0.846. The van der Waals surface area contributed by atoms with Crippen molar-refractivity contribution in [1.82, 2.24) is 5.43 Å². The van der Waals surface area contributed by atoms with Crippen LogP contribution < -0.4 is 11.2 Å². The van der Waals surface area contributed by atoms with Crippen molar-refractivity contribution in [3.8, 4) is 0 Å². The lowest BCUT2D eigenvalue weighted by molar-refractivity contribution is 0.535. The molecule has 1 aliphatic carbocycles. The minimum absolute atomic E-state index is 0.270. The first-order valence-electron chi connectivity index (χ1n) is 6.86. The number of hydrogen-bond donors (Lipinski definition) is 2. The molecule has 1 saturated carbocycles. The summed E-state index contributed by atoms with van der Waals surface area (Å²) in [4.78, 5) is 0. The van der Waals surface area contributed by atoms with Crippen LogP contribution in [0.1, 0.15) is 64.7 Å². The highest BCUT2D eigenvalue weighted by atomic mass is 32.1. The van der Waals surface area contributed by atoms with Gasteiger partial charge in [-0.3, -0.25) is 5.43 Å². The summed E-state index contributed by atoms with van der Waals surface area (Å²) in [7, 11) is 0. The van der Waals surface area contributed by atoms with Crippen LogP contribution in [0.15, 0.2) is 5.10 Å². The van der Waals surface area contributed by atoms with Crippen molar-refractivity contribution in [3.63, 3.8) is 0 Å². The topological polar surface area (TPSA) is 50.4 Å². The van der Waals surface area contributed by atoms with Crippen LogP contribution in [-0.2, 0) is 0 Å². The average Bonchev–Trinajstić information content (AvgIpc) is 2.73. The fourth-order valence-corrected chi connectivity index (χ4v) is 2.53. The van der Waals surface area contributed by atoms with Gasteiger partial charge in [-0.25, -0.2) is 0 Å². The molecule has 0 radical (unpaired) electrons. The first-order chi connectivity index (χ1) is 8.24. The van der Waals surface area contributed by atoms with E-state index in [-0.39, 0.29) is 5.11 Å². The molecule has 0 amide bonds. The molecule has 1 rings (SSSR count). The second kappa shape index (κ2) is 8.45. The lowest BCUT2D eigenvalue weighted by atomic mass is 9.98. The number of rotatable bonds is 7. The Bertz CT molecular complexity index is 263. The molecule has 4 heteroatoms. The third kappa shape index (κ3) is 6.01. The Hall–Kier alpha value is -0.640. The van der Waals surface area contributed by atoms with Crippen LogP contribution in [0.5, 0.6) is 0 Å². The van der Waals surface area contributed by atoms with Gasteiger partial charge in [0, 0.05) is 5.71 Å². The Morgan fingerprint density at radius 3 is 2.88 bits per heavy atom. The van der Waals surface area contributed by atoms with E-state index in [1.54, 1.807) is 0 Å². The lowest BCUT2D eigenvalue weighted by Gasteiger charge is -2.10. The smallest absolute Gasteiger partial charge is 0.184 e. The van der Waals surface area contributed by atoms with E-state index in [0.717, 1.165) is 6.42 Å². The van der Waals surface area contributed by atoms with Gasteiger partial charge in [-0.1, -0.05) is 39.0 Å². The molecule has 3 nitrogen and oxygen atoms in total. The Morgan fingerprint density at radius 2 is 2.18 bits per heavy atom. The summed E-state index contributed by atoms with van der Waals surface area (Å²) in [6.45, 7) is 2.25. The van der Waals surface area contributed by atoms with E-state index in [9.17, 15) is 0 Å².